The lowest BCUT2D eigenvalue weighted by atomic mass is 9.82. The van der Waals surface area contributed by atoms with Gasteiger partial charge in [0.25, 0.3) is 0 Å². The number of aliphatic hydroxyl groups is 1. The minimum Gasteiger partial charge on any atom is -0.457 e. The lowest BCUT2D eigenvalue weighted by Gasteiger charge is -2.24. The molecule has 0 aliphatic rings. The van der Waals surface area contributed by atoms with Crippen LogP contribution in [0.1, 0.15) is 25.8 Å². The van der Waals surface area contributed by atoms with Gasteiger partial charge in [-0.1, -0.05) is 44.2 Å². The Bertz CT molecular complexity index is 501. The highest BCUT2D eigenvalue weighted by Gasteiger charge is 2.19. The molecule has 0 saturated heterocycles. The first-order valence-electron chi connectivity index (χ1n) is 6.56. The average Bonchev–Trinajstić information content (AvgIpc) is 2.40. The molecule has 0 saturated carbocycles. The van der Waals surface area contributed by atoms with Crippen molar-refractivity contribution in [3.05, 3.63) is 60.2 Å². The Hall–Kier alpha value is -1.80. The number of rotatable bonds is 5. The van der Waals surface area contributed by atoms with Crippen molar-refractivity contribution in [1.82, 2.24) is 0 Å². The summed E-state index contributed by atoms with van der Waals surface area (Å²) in [6.45, 7) is 4.47. The number of aliphatic hydroxyl groups excluding tert-OH is 1. The summed E-state index contributed by atoms with van der Waals surface area (Å²) in [4.78, 5) is 0. The van der Waals surface area contributed by atoms with Gasteiger partial charge < -0.3 is 9.84 Å². The first kappa shape index (κ1) is 13.6. The standard InChI is InChI=1S/C17H20O2/c1-17(2,12-13-18)14-8-10-16(11-9-14)19-15-6-4-3-5-7-15/h3-11,18H,12-13H2,1-2H3. The monoisotopic (exact) mass is 256 g/mol. The van der Waals surface area contributed by atoms with Gasteiger partial charge in [0, 0.05) is 6.61 Å². The smallest absolute Gasteiger partial charge is 0.127 e. The van der Waals surface area contributed by atoms with Crippen LogP contribution in [0.3, 0.4) is 0 Å². The van der Waals surface area contributed by atoms with E-state index in [9.17, 15) is 0 Å². The molecule has 100 valence electrons. The van der Waals surface area contributed by atoms with Gasteiger partial charge in [0.1, 0.15) is 11.5 Å². The summed E-state index contributed by atoms with van der Waals surface area (Å²) in [7, 11) is 0. The fourth-order valence-corrected chi connectivity index (χ4v) is 2.02. The van der Waals surface area contributed by atoms with Gasteiger partial charge in [-0.2, -0.15) is 0 Å². The van der Waals surface area contributed by atoms with E-state index >= 15 is 0 Å². The van der Waals surface area contributed by atoms with Crippen molar-refractivity contribution in [3.8, 4) is 11.5 Å². The molecule has 0 spiro atoms. The normalized spacial score (nSPS) is 11.3. The fraction of sp³-hybridized carbons (Fsp3) is 0.294. The Labute approximate surface area is 114 Å². The Morgan fingerprint density at radius 2 is 1.47 bits per heavy atom. The highest BCUT2D eigenvalue weighted by Crippen LogP contribution is 2.29. The molecule has 0 fully saturated rings. The summed E-state index contributed by atoms with van der Waals surface area (Å²) in [5.74, 6) is 1.67. The summed E-state index contributed by atoms with van der Waals surface area (Å²) in [5, 5.41) is 9.09. The average molecular weight is 256 g/mol. The van der Waals surface area contributed by atoms with E-state index < -0.39 is 0 Å². The molecule has 1 N–H and O–H groups in total. The van der Waals surface area contributed by atoms with Gasteiger partial charge in [0.05, 0.1) is 0 Å². The molecule has 0 aliphatic carbocycles. The van der Waals surface area contributed by atoms with Crippen LogP contribution in [0.25, 0.3) is 0 Å². The molecule has 19 heavy (non-hydrogen) atoms. The second kappa shape index (κ2) is 5.89. The largest absolute Gasteiger partial charge is 0.457 e. The SMILES string of the molecule is CC(C)(CCO)c1ccc(Oc2ccccc2)cc1. The molecule has 0 heterocycles. The van der Waals surface area contributed by atoms with Crippen molar-refractivity contribution in [2.24, 2.45) is 0 Å². The van der Waals surface area contributed by atoms with Crippen LogP contribution in [0.5, 0.6) is 11.5 Å². The van der Waals surface area contributed by atoms with E-state index in [1.807, 2.05) is 42.5 Å². The van der Waals surface area contributed by atoms with Crippen molar-refractivity contribution in [2.75, 3.05) is 6.61 Å². The summed E-state index contributed by atoms with van der Waals surface area (Å²) in [6, 6.07) is 17.8. The topological polar surface area (TPSA) is 29.5 Å². The maximum Gasteiger partial charge on any atom is 0.127 e. The van der Waals surface area contributed by atoms with Crippen LogP contribution >= 0.6 is 0 Å². The molecule has 0 radical (unpaired) electrons. The van der Waals surface area contributed by atoms with Gasteiger partial charge in [-0.15, -0.1) is 0 Å². The lowest BCUT2D eigenvalue weighted by molar-refractivity contribution is 0.252. The molecule has 0 amide bonds. The molecule has 2 aromatic carbocycles. The molecular weight excluding hydrogens is 236 g/mol. The molecule has 0 aliphatic heterocycles. The van der Waals surface area contributed by atoms with E-state index in [-0.39, 0.29) is 12.0 Å². The van der Waals surface area contributed by atoms with E-state index in [1.54, 1.807) is 0 Å². The lowest BCUT2D eigenvalue weighted by Crippen LogP contribution is -2.18. The third kappa shape index (κ3) is 3.58. The van der Waals surface area contributed by atoms with Crippen molar-refractivity contribution in [2.45, 2.75) is 25.7 Å². The minimum absolute atomic E-state index is 0.0139. The molecule has 2 aromatic rings. The predicted molar refractivity (Wildman–Crippen MR) is 77.7 cm³/mol. The Balaban J connectivity index is 2.11. The van der Waals surface area contributed by atoms with Crippen LogP contribution in [-0.2, 0) is 5.41 Å². The van der Waals surface area contributed by atoms with Gasteiger partial charge in [0.15, 0.2) is 0 Å². The van der Waals surface area contributed by atoms with Crippen molar-refractivity contribution in [3.63, 3.8) is 0 Å². The minimum atomic E-state index is -0.0139. The second-order valence-corrected chi connectivity index (χ2v) is 5.30. The first-order valence-corrected chi connectivity index (χ1v) is 6.56. The van der Waals surface area contributed by atoms with Crippen LogP contribution in [0.15, 0.2) is 54.6 Å². The fourth-order valence-electron chi connectivity index (χ4n) is 2.02. The summed E-state index contributed by atoms with van der Waals surface area (Å²) < 4.78 is 5.76. The number of benzene rings is 2. The quantitative estimate of drug-likeness (QED) is 0.871. The van der Waals surface area contributed by atoms with E-state index in [4.69, 9.17) is 9.84 Å². The maximum atomic E-state index is 9.09. The van der Waals surface area contributed by atoms with E-state index in [1.165, 1.54) is 5.56 Å². The third-order valence-corrected chi connectivity index (χ3v) is 3.35. The number of hydrogen-bond acceptors (Lipinski definition) is 2. The number of para-hydroxylation sites is 1. The maximum absolute atomic E-state index is 9.09. The zero-order valence-corrected chi connectivity index (χ0v) is 11.5. The Kier molecular flexibility index (Phi) is 4.23. The van der Waals surface area contributed by atoms with Crippen molar-refractivity contribution >= 4 is 0 Å². The van der Waals surface area contributed by atoms with Crippen LogP contribution in [0.4, 0.5) is 0 Å². The molecule has 0 unspecified atom stereocenters. The van der Waals surface area contributed by atoms with Gasteiger partial charge in [-0.05, 0) is 41.7 Å². The zero-order chi connectivity index (χ0) is 13.7. The van der Waals surface area contributed by atoms with Crippen LogP contribution in [-0.4, -0.2) is 11.7 Å². The third-order valence-electron chi connectivity index (χ3n) is 3.35. The van der Waals surface area contributed by atoms with Gasteiger partial charge in [-0.3, -0.25) is 0 Å². The second-order valence-electron chi connectivity index (χ2n) is 5.30. The first-order chi connectivity index (χ1) is 9.12. The highest BCUT2D eigenvalue weighted by molar-refractivity contribution is 5.35. The van der Waals surface area contributed by atoms with Crippen molar-refractivity contribution in [1.29, 1.82) is 0 Å². The molecule has 2 heteroatoms. The Morgan fingerprint density at radius 1 is 0.895 bits per heavy atom. The number of ether oxygens (including phenoxy) is 1. The van der Waals surface area contributed by atoms with E-state index in [0.29, 0.717) is 0 Å². The molecule has 2 rings (SSSR count). The summed E-state index contributed by atoms with van der Waals surface area (Å²) in [5.41, 5.74) is 1.20. The van der Waals surface area contributed by atoms with Crippen molar-refractivity contribution < 1.29 is 9.84 Å². The van der Waals surface area contributed by atoms with Gasteiger partial charge in [-0.25, -0.2) is 0 Å². The van der Waals surface area contributed by atoms with Gasteiger partial charge >= 0.3 is 0 Å². The molecule has 0 aromatic heterocycles. The van der Waals surface area contributed by atoms with Crippen LogP contribution < -0.4 is 4.74 Å². The molecular formula is C17H20O2. The summed E-state index contributed by atoms with van der Waals surface area (Å²) >= 11 is 0. The zero-order valence-electron chi connectivity index (χ0n) is 11.5. The van der Waals surface area contributed by atoms with Gasteiger partial charge in [0.2, 0.25) is 0 Å². The highest BCUT2D eigenvalue weighted by atomic mass is 16.5. The Morgan fingerprint density at radius 3 is 2.05 bits per heavy atom. The van der Waals surface area contributed by atoms with Crippen LogP contribution in [0.2, 0.25) is 0 Å². The summed E-state index contributed by atoms with van der Waals surface area (Å²) in [6.07, 6.45) is 0.756. The molecule has 2 nitrogen and oxygen atoms in total. The number of hydrogen-bond donors (Lipinski definition) is 1. The molecule has 0 bridgehead atoms. The van der Waals surface area contributed by atoms with Crippen LogP contribution in [0, 0.1) is 0 Å². The molecule has 0 atom stereocenters. The van der Waals surface area contributed by atoms with E-state index in [0.717, 1.165) is 17.9 Å². The predicted octanol–water partition coefficient (Wildman–Crippen LogP) is 4.14. The van der Waals surface area contributed by atoms with E-state index in [2.05, 4.69) is 26.0 Å².